The van der Waals surface area contributed by atoms with Crippen molar-refractivity contribution in [1.82, 2.24) is 0 Å². The molecule has 86 valence electrons. The van der Waals surface area contributed by atoms with Gasteiger partial charge < -0.3 is 4.43 Å². The lowest BCUT2D eigenvalue weighted by molar-refractivity contribution is -0.0234. The van der Waals surface area contributed by atoms with Crippen molar-refractivity contribution >= 4 is 16.6 Å². The predicted molar refractivity (Wildman–Crippen MR) is 63.0 cm³/mol. The largest absolute Gasteiger partial charge is 0.418 e. The molecule has 0 heterocycles. The Morgan fingerprint density at radius 2 is 1.57 bits per heavy atom. The van der Waals surface area contributed by atoms with Crippen molar-refractivity contribution in [2.24, 2.45) is 0 Å². The first kappa shape index (κ1) is 14.3. The van der Waals surface area contributed by atoms with E-state index in [1.165, 1.54) is 0 Å². The van der Waals surface area contributed by atoms with Crippen molar-refractivity contribution < 1.29 is 13.6 Å². The Labute approximate surface area is 89.0 Å². The molecule has 5 heteroatoms. The average molecular weight is 238 g/mol. The average Bonchev–Trinajstić information content (AvgIpc) is 2.11. The highest BCUT2D eigenvalue weighted by Crippen LogP contribution is 2.23. The van der Waals surface area contributed by atoms with Gasteiger partial charge in [-0.3, -0.25) is 0 Å². The summed E-state index contributed by atoms with van der Waals surface area (Å²) in [6, 6.07) is 2.44. The summed E-state index contributed by atoms with van der Waals surface area (Å²) in [7, 11) is -3.54. The van der Waals surface area contributed by atoms with Gasteiger partial charge in [0.1, 0.15) is 0 Å². The van der Waals surface area contributed by atoms with Gasteiger partial charge >= 0.3 is 0 Å². The molecule has 0 aliphatic rings. The van der Waals surface area contributed by atoms with Gasteiger partial charge in [-0.05, 0) is 37.8 Å². The third-order valence-corrected chi connectivity index (χ3v) is 7.64. The van der Waals surface area contributed by atoms with Gasteiger partial charge in [-0.2, -0.15) is 0 Å². The molecule has 14 heavy (non-hydrogen) atoms. The summed E-state index contributed by atoms with van der Waals surface area (Å²) in [4.78, 5) is 0. The zero-order valence-electron chi connectivity index (χ0n) is 10.0. The molecule has 0 bridgehead atoms. The lowest BCUT2D eigenvalue weighted by atomic mass is 10.9. The molecule has 0 aliphatic carbocycles. The topological polar surface area (TPSA) is 18.5 Å². The standard InChI is InChI=1S/C9H23FO2Si2/c1-6-14(7-2,12-10)9-8-11-13(3,4)5/h6-9H2,1-5H3. The molecule has 0 aromatic rings. The van der Waals surface area contributed by atoms with E-state index in [2.05, 4.69) is 24.3 Å². The smallest absolute Gasteiger partial charge is 0.247 e. The van der Waals surface area contributed by atoms with Crippen LogP contribution in [0.25, 0.3) is 0 Å². The number of hydrogen-bond donors (Lipinski definition) is 0. The van der Waals surface area contributed by atoms with Gasteiger partial charge in [-0.15, -0.1) is 0 Å². The molecular formula is C9H23FO2Si2. The Morgan fingerprint density at radius 3 is 1.86 bits per heavy atom. The van der Waals surface area contributed by atoms with Gasteiger partial charge in [0, 0.05) is 6.61 Å². The summed E-state index contributed by atoms with van der Waals surface area (Å²) < 4.78 is 22.4. The zero-order chi connectivity index (χ0) is 11.2. The lowest BCUT2D eigenvalue weighted by Gasteiger charge is -2.25. The molecule has 0 fully saturated rings. The van der Waals surface area contributed by atoms with Crippen LogP contribution in [0.15, 0.2) is 0 Å². The van der Waals surface area contributed by atoms with Gasteiger partial charge in [-0.1, -0.05) is 18.4 Å². The van der Waals surface area contributed by atoms with E-state index in [0.29, 0.717) is 6.61 Å². The fourth-order valence-corrected chi connectivity index (χ4v) is 4.19. The third kappa shape index (κ3) is 5.24. The molecule has 0 aromatic heterocycles. The van der Waals surface area contributed by atoms with Gasteiger partial charge in [0.2, 0.25) is 8.32 Å². The Hall–Kier alpha value is 0.284. The molecule has 0 aliphatic heterocycles. The molecule has 0 radical (unpaired) electrons. The van der Waals surface area contributed by atoms with E-state index in [1.807, 2.05) is 13.8 Å². The molecule has 0 rings (SSSR count). The van der Waals surface area contributed by atoms with Crippen LogP contribution in [-0.4, -0.2) is 23.2 Å². The molecule has 0 spiro atoms. The summed E-state index contributed by atoms with van der Waals surface area (Å²) in [5, 5.41) is 0. The second kappa shape index (κ2) is 6.00. The third-order valence-electron chi connectivity index (χ3n) is 2.55. The summed E-state index contributed by atoms with van der Waals surface area (Å²) in [5.74, 6) is 0. The van der Waals surface area contributed by atoms with Gasteiger partial charge in [0.15, 0.2) is 8.32 Å². The van der Waals surface area contributed by atoms with E-state index in [1.54, 1.807) is 0 Å². The maximum absolute atomic E-state index is 12.5. The van der Waals surface area contributed by atoms with Crippen molar-refractivity contribution in [3.63, 3.8) is 0 Å². The van der Waals surface area contributed by atoms with Crippen molar-refractivity contribution in [1.29, 1.82) is 0 Å². The molecule has 0 amide bonds. The zero-order valence-corrected chi connectivity index (χ0v) is 12.0. The normalized spacial score (nSPS) is 13.3. The van der Waals surface area contributed by atoms with Crippen LogP contribution in [0.5, 0.6) is 0 Å². The van der Waals surface area contributed by atoms with Crippen LogP contribution in [0.2, 0.25) is 37.8 Å². The molecule has 0 unspecified atom stereocenters. The highest BCUT2D eigenvalue weighted by molar-refractivity contribution is 6.73. The van der Waals surface area contributed by atoms with Crippen LogP contribution in [0.3, 0.4) is 0 Å². The number of rotatable bonds is 7. The summed E-state index contributed by atoms with van der Waals surface area (Å²) in [5.41, 5.74) is 0. The number of halogens is 1. The monoisotopic (exact) mass is 238 g/mol. The minimum absolute atomic E-state index is 0.660. The summed E-state index contributed by atoms with van der Waals surface area (Å²) in [6.07, 6.45) is 0. The molecule has 0 atom stereocenters. The SMILES string of the molecule is CC[Si](CC)(CCO[Si](C)(C)C)OF. The fourth-order valence-electron chi connectivity index (χ4n) is 1.29. The minimum Gasteiger partial charge on any atom is -0.418 e. The molecule has 0 aromatic carbocycles. The first-order valence-electron chi connectivity index (χ1n) is 5.33. The Morgan fingerprint density at radius 1 is 1.07 bits per heavy atom. The van der Waals surface area contributed by atoms with Crippen molar-refractivity contribution in [2.75, 3.05) is 6.61 Å². The highest BCUT2D eigenvalue weighted by atomic mass is 28.4. The van der Waals surface area contributed by atoms with Crippen LogP contribution >= 0.6 is 0 Å². The van der Waals surface area contributed by atoms with Gasteiger partial charge in [0.05, 0.1) is 0 Å². The van der Waals surface area contributed by atoms with Crippen LogP contribution < -0.4 is 0 Å². The van der Waals surface area contributed by atoms with Crippen molar-refractivity contribution in [3.8, 4) is 0 Å². The predicted octanol–water partition coefficient (Wildman–Crippen LogP) is 3.72. The first-order chi connectivity index (χ1) is 6.39. The second-order valence-corrected chi connectivity index (χ2v) is 13.6. The van der Waals surface area contributed by atoms with Crippen molar-refractivity contribution in [2.45, 2.75) is 51.6 Å². The van der Waals surface area contributed by atoms with E-state index in [9.17, 15) is 4.53 Å². The fraction of sp³-hybridized carbons (Fsp3) is 1.00. The van der Waals surface area contributed by atoms with Crippen LogP contribution in [0.4, 0.5) is 4.53 Å². The summed E-state index contributed by atoms with van der Waals surface area (Å²) >= 11 is 0. The maximum atomic E-state index is 12.5. The molecule has 2 nitrogen and oxygen atoms in total. The van der Waals surface area contributed by atoms with Crippen LogP contribution in [-0.2, 0) is 9.06 Å². The molecular weight excluding hydrogens is 215 g/mol. The highest BCUT2D eigenvalue weighted by Gasteiger charge is 2.33. The minimum atomic E-state index is -2.09. The van der Waals surface area contributed by atoms with E-state index < -0.39 is 16.6 Å². The van der Waals surface area contributed by atoms with Crippen molar-refractivity contribution in [3.05, 3.63) is 0 Å². The Kier molecular flexibility index (Phi) is 6.12. The lowest BCUT2D eigenvalue weighted by Crippen LogP contribution is -2.37. The Bertz CT molecular complexity index is 147. The van der Waals surface area contributed by atoms with E-state index in [0.717, 1.165) is 18.1 Å². The summed E-state index contributed by atoms with van der Waals surface area (Å²) in [6.45, 7) is 11.1. The van der Waals surface area contributed by atoms with E-state index in [-0.39, 0.29) is 0 Å². The van der Waals surface area contributed by atoms with Gasteiger partial charge in [-0.25, -0.2) is 4.63 Å². The number of hydrogen-bond acceptors (Lipinski definition) is 2. The van der Waals surface area contributed by atoms with Gasteiger partial charge in [0.25, 0.3) is 0 Å². The van der Waals surface area contributed by atoms with E-state index >= 15 is 0 Å². The van der Waals surface area contributed by atoms with Crippen LogP contribution in [0, 0.1) is 0 Å². The quantitative estimate of drug-likeness (QED) is 0.629. The molecule has 0 saturated heterocycles. The molecule has 0 saturated carbocycles. The van der Waals surface area contributed by atoms with Crippen LogP contribution in [0.1, 0.15) is 13.8 Å². The Balaban J connectivity index is 3.95. The van der Waals surface area contributed by atoms with E-state index in [4.69, 9.17) is 4.43 Å². The molecule has 0 N–H and O–H groups in total. The maximum Gasteiger partial charge on any atom is 0.247 e. The second-order valence-electron chi connectivity index (χ2n) is 4.68. The first-order valence-corrected chi connectivity index (χ1v) is 11.3.